The topological polar surface area (TPSA) is 78.5 Å². The molecule has 1 heterocycles. The minimum absolute atomic E-state index is 0.0989. The molecule has 0 bridgehead atoms. The molecule has 0 spiro atoms. The maximum absolute atomic E-state index is 13.9. The number of nitrogens with zero attached hydrogens (tertiary/aromatic N) is 1. The zero-order chi connectivity index (χ0) is 25.1. The highest BCUT2D eigenvalue weighted by Crippen LogP contribution is 2.37. The van der Waals surface area contributed by atoms with Crippen LogP contribution < -0.4 is 14.9 Å². The van der Waals surface area contributed by atoms with Crippen molar-refractivity contribution in [3.63, 3.8) is 0 Å². The van der Waals surface area contributed by atoms with Crippen LogP contribution in [0.15, 0.2) is 95.9 Å². The Morgan fingerprint density at radius 1 is 0.833 bits per heavy atom. The number of aryl methyl sites for hydroxylation is 1. The number of hydrogen-bond acceptors (Lipinski definition) is 4. The molecular weight excluding hydrogens is 470 g/mol. The fraction of sp³-hybridized carbons (Fsp3) is 0.207. The second kappa shape index (κ2) is 10.2. The Hall–Kier alpha value is -3.52. The molecule has 0 saturated carbocycles. The van der Waals surface area contributed by atoms with Crippen molar-refractivity contribution in [1.82, 2.24) is 10.0 Å². The van der Waals surface area contributed by atoms with Gasteiger partial charge >= 0.3 is 0 Å². The highest BCUT2D eigenvalue weighted by Gasteiger charge is 2.27. The second-order valence-corrected chi connectivity index (χ2v) is 10.7. The summed E-state index contributed by atoms with van der Waals surface area (Å²) in [6.07, 6.45) is 1.50. The summed E-state index contributed by atoms with van der Waals surface area (Å²) in [6, 6.07) is 27.5. The number of amides is 1. The van der Waals surface area contributed by atoms with Crippen LogP contribution in [0.1, 0.15) is 28.8 Å². The standard InChI is InChI=1S/C29H29N3O3S/c1-21-9-5-6-12-24(21)29(33)32(23-10-3-2-4-11-23)27-15-16-28(26-14-8-7-13-25(26)27)36(34,35)31-22-17-19-30-20-18-22/h2-16,22,30-31H,17-20H2,1H3. The van der Waals surface area contributed by atoms with E-state index in [4.69, 9.17) is 0 Å². The summed E-state index contributed by atoms with van der Waals surface area (Å²) in [5.41, 5.74) is 2.80. The molecule has 0 aromatic heterocycles. The van der Waals surface area contributed by atoms with Gasteiger partial charge in [0.1, 0.15) is 0 Å². The van der Waals surface area contributed by atoms with Crippen LogP contribution >= 0.6 is 0 Å². The number of hydrogen-bond donors (Lipinski definition) is 2. The van der Waals surface area contributed by atoms with E-state index in [0.717, 1.165) is 31.5 Å². The molecule has 4 aromatic carbocycles. The lowest BCUT2D eigenvalue weighted by atomic mass is 10.0. The minimum Gasteiger partial charge on any atom is -0.317 e. The van der Waals surface area contributed by atoms with E-state index < -0.39 is 10.0 Å². The van der Waals surface area contributed by atoms with Gasteiger partial charge in [0.05, 0.1) is 10.6 Å². The third-order valence-electron chi connectivity index (χ3n) is 6.65. The van der Waals surface area contributed by atoms with E-state index in [1.165, 1.54) is 0 Å². The van der Waals surface area contributed by atoms with E-state index in [1.54, 1.807) is 23.1 Å². The van der Waals surface area contributed by atoms with Gasteiger partial charge < -0.3 is 5.32 Å². The first-order chi connectivity index (χ1) is 17.5. The molecule has 1 saturated heterocycles. The van der Waals surface area contributed by atoms with E-state index in [-0.39, 0.29) is 16.8 Å². The number of para-hydroxylation sites is 1. The lowest BCUT2D eigenvalue weighted by molar-refractivity contribution is 0.0999. The largest absolute Gasteiger partial charge is 0.317 e. The lowest BCUT2D eigenvalue weighted by Crippen LogP contribution is -2.42. The number of sulfonamides is 1. The first kappa shape index (κ1) is 24.2. The monoisotopic (exact) mass is 499 g/mol. The molecule has 7 heteroatoms. The predicted octanol–water partition coefficient (Wildman–Crippen LogP) is 5.16. The van der Waals surface area contributed by atoms with Gasteiger partial charge in [-0.15, -0.1) is 0 Å². The number of carbonyl (C=O) groups excluding carboxylic acids is 1. The van der Waals surface area contributed by atoms with Crippen LogP contribution in [0.5, 0.6) is 0 Å². The molecule has 1 aliphatic rings. The van der Waals surface area contributed by atoms with Crippen LogP contribution in [-0.4, -0.2) is 33.5 Å². The first-order valence-electron chi connectivity index (χ1n) is 12.2. The summed E-state index contributed by atoms with van der Waals surface area (Å²) in [5, 5.41) is 4.53. The maximum atomic E-state index is 13.9. The van der Waals surface area contributed by atoms with Crippen molar-refractivity contribution in [2.75, 3.05) is 18.0 Å². The molecule has 1 aliphatic heterocycles. The van der Waals surface area contributed by atoms with E-state index >= 15 is 0 Å². The minimum atomic E-state index is -3.75. The van der Waals surface area contributed by atoms with Gasteiger partial charge in [0, 0.05) is 28.1 Å². The molecule has 2 N–H and O–H groups in total. The van der Waals surface area contributed by atoms with E-state index in [1.807, 2.05) is 79.7 Å². The van der Waals surface area contributed by atoms with Crippen molar-refractivity contribution < 1.29 is 13.2 Å². The Labute approximate surface area is 212 Å². The van der Waals surface area contributed by atoms with Gasteiger partial charge in [0.2, 0.25) is 10.0 Å². The van der Waals surface area contributed by atoms with Crippen molar-refractivity contribution >= 4 is 38.1 Å². The molecule has 5 rings (SSSR count). The number of rotatable bonds is 6. The fourth-order valence-corrected chi connectivity index (χ4v) is 6.30. The van der Waals surface area contributed by atoms with Gasteiger partial charge in [-0.25, -0.2) is 13.1 Å². The van der Waals surface area contributed by atoms with Crippen molar-refractivity contribution in [3.05, 3.63) is 102 Å². The average molecular weight is 500 g/mol. The van der Waals surface area contributed by atoms with Crippen LogP contribution in [-0.2, 0) is 10.0 Å². The Kier molecular flexibility index (Phi) is 6.87. The van der Waals surface area contributed by atoms with Gasteiger partial charge in [-0.1, -0.05) is 60.7 Å². The van der Waals surface area contributed by atoms with E-state index in [0.29, 0.717) is 27.7 Å². The molecule has 6 nitrogen and oxygen atoms in total. The Morgan fingerprint density at radius 2 is 1.47 bits per heavy atom. The predicted molar refractivity (Wildman–Crippen MR) is 144 cm³/mol. The van der Waals surface area contributed by atoms with Gasteiger partial charge in [-0.3, -0.25) is 9.69 Å². The number of fused-ring (bicyclic) bond motifs is 1. The zero-order valence-electron chi connectivity index (χ0n) is 20.1. The van der Waals surface area contributed by atoms with Crippen LogP contribution in [0.25, 0.3) is 10.8 Å². The number of nitrogens with one attached hydrogen (secondary N) is 2. The number of piperidine rings is 1. The molecule has 184 valence electrons. The smallest absolute Gasteiger partial charge is 0.263 e. The molecule has 0 atom stereocenters. The second-order valence-electron chi connectivity index (χ2n) is 9.07. The van der Waals surface area contributed by atoms with Gasteiger partial charge in [-0.2, -0.15) is 0 Å². The van der Waals surface area contributed by atoms with Crippen molar-refractivity contribution in [1.29, 1.82) is 0 Å². The van der Waals surface area contributed by atoms with Crippen molar-refractivity contribution in [3.8, 4) is 0 Å². The molecule has 0 aliphatic carbocycles. The SMILES string of the molecule is Cc1ccccc1C(=O)N(c1ccccc1)c1ccc(S(=O)(=O)NC2CCNCC2)c2ccccc12. The van der Waals surface area contributed by atoms with Gasteiger partial charge in [-0.05, 0) is 68.8 Å². The maximum Gasteiger partial charge on any atom is 0.263 e. The van der Waals surface area contributed by atoms with Crippen LogP contribution in [0.4, 0.5) is 11.4 Å². The number of anilines is 2. The summed E-state index contributed by atoms with van der Waals surface area (Å²) in [6.45, 7) is 3.50. The summed E-state index contributed by atoms with van der Waals surface area (Å²) >= 11 is 0. The van der Waals surface area contributed by atoms with E-state index in [9.17, 15) is 13.2 Å². The quantitative estimate of drug-likeness (QED) is 0.384. The summed E-state index contributed by atoms with van der Waals surface area (Å²) in [4.78, 5) is 15.8. The van der Waals surface area contributed by atoms with E-state index in [2.05, 4.69) is 10.0 Å². The number of carbonyl (C=O) groups is 1. The summed E-state index contributed by atoms with van der Waals surface area (Å²) in [5.74, 6) is -0.173. The Balaban J connectivity index is 1.65. The molecule has 4 aromatic rings. The van der Waals surface area contributed by atoms with Crippen LogP contribution in [0.3, 0.4) is 0 Å². The van der Waals surface area contributed by atoms with Crippen molar-refractivity contribution in [2.45, 2.75) is 30.7 Å². The Bertz CT molecular complexity index is 1500. The normalized spacial score (nSPS) is 14.6. The molecular formula is C29H29N3O3S. The third kappa shape index (κ3) is 4.78. The van der Waals surface area contributed by atoms with Gasteiger partial charge in [0.25, 0.3) is 5.91 Å². The summed E-state index contributed by atoms with van der Waals surface area (Å²) in [7, 11) is -3.75. The summed E-state index contributed by atoms with van der Waals surface area (Å²) < 4.78 is 29.8. The fourth-order valence-electron chi connectivity index (χ4n) is 4.78. The average Bonchev–Trinajstić information content (AvgIpc) is 2.90. The third-order valence-corrected chi connectivity index (χ3v) is 8.22. The molecule has 1 fully saturated rings. The molecule has 0 radical (unpaired) electrons. The lowest BCUT2D eigenvalue weighted by Gasteiger charge is -2.27. The molecule has 36 heavy (non-hydrogen) atoms. The van der Waals surface area contributed by atoms with Crippen molar-refractivity contribution in [2.24, 2.45) is 0 Å². The first-order valence-corrected chi connectivity index (χ1v) is 13.6. The highest BCUT2D eigenvalue weighted by molar-refractivity contribution is 7.89. The zero-order valence-corrected chi connectivity index (χ0v) is 21.0. The van der Waals surface area contributed by atoms with Crippen LogP contribution in [0.2, 0.25) is 0 Å². The number of benzene rings is 4. The molecule has 0 unspecified atom stereocenters. The van der Waals surface area contributed by atoms with Crippen LogP contribution in [0, 0.1) is 6.92 Å². The molecule has 1 amide bonds. The van der Waals surface area contributed by atoms with Gasteiger partial charge in [0.15, 0.2) is 0 Å². The highest BCUT2D eigenvalue weighted by atomic mass is 32.2. The Morgan fingerprint density at radius 3 is 2.19 bits per heavy atom.